The summed E-state index contributed by atoms with van der Waals surface area (Å²) in [6, 6.07) is 8.25. The van der Waals surface area contributed by atoms with Gasteiger partial charge in [0, 0.05) is 33.2 Å². The zero-order chi connectivity index (χ0) is 13.6. The average molecular weight is 315 g/mol. The molecule has 0 amide bonds. The summed E-state index contributed by atoms with van der Waals surface area (Å²) >= 11 is 18.1. The van der Waals surface area contributed by atoms with E-state index in [1.807, 2.05) is 0 Å². The number of rotatable bonds is 1. The number of fused-ring (bicyclic) bond motifs is 1. The molecule has 1 aromatic heterocycles. The van der Waals surface area contributed by atoms with Gasteiger partial charge in [-0.05, 0) is 30.3 Å². The van der Waals surface area contributed by atoms with E-state index < -0.39 is 0 Å². The van der Waals surface area contributed by atoms with Gasteiger partial charge in [-0.1, -0.05) is 34.8 Å². The predicted octanol–water partition coefficient (Wildman–Crippen LogP) is 5.93. The summed E-state index contributed by atoms with van der Waals surface area (Å²) in [6.45, 7) is 0. The van der Waals surface area contributed by atoms with Crippen molar-refractivity contribution in [2.45, 2.75) is 0 Å². The van der Waals surface area contributed by atoms with Crippen molar-refractivity contribution in [1.29, 1.82) is 0 Å². The lowest BCUT2D eigenvalue weighted by Crippen LogP contribution is -1.87. The lowest BCUT2D eigenvalue weighted by molar-refractivity contribution is 0.643. The first-order valence-corrected chi connectivity index (χ1v) is 6.62. The minimum atomic E-state index is -0.348. The zero-order valence-corrected chi connectivity index (χ0v) is 11.7. The van der Waals surface area contributed by atoms with Gasteiger partial charge in [0.25, 0.3) is 0 Å². The summed E-state index contributed by atoms with van der Waals surface area (Å²) in [7, 11) is 0. The second kappa shape index (κ2) is 4.71. The van der Waals surface area contributed by atoms with E-state index in [0.29, 0.717) is 31.6 Å². The van der Waals surface area contributed by atoms with Crippen LogP contribution in [0.3, 0.4) is 0 Å². The molecule has 5 heteroatoms. The molecule has 3 rings (SSSR count). The summed E-state index contributed by atoms with van der Waals surface area (Å²) in [6.07, 6.45) is 1.68. The fourth-order valence-corrected chi connectivity index (χ4v) is 2.76. The van der Waals surface area contributed by atoms with Crippen molar-refractivity contribution in [2.24, 2.45) is 0 Å². The number of H-pyrrole nitrogens is 1. The number of halogens is 4. The highest BCUT2D eigenvalue weighted by atomic mass is 35.5. The van der Waals surface area contributed by atoms with Crippen molar-refractivity contribution in [3.05, 3.63) is 57.4 Å². The molecule has 0 saturated carbocycles. The summed E-state index contributed by atoms with van der Waals surface area (Å²) in [5.74, 6) is -0.348. The van der Waals surface area contributed by atoms with Gasteiger partial charge in [0.05, 0.1) is 10.0 Å². The summed E-state index contributed by atoms with van der Waals surface area (Å²) < 4.78 is 14.5. The third kappa shape index (κ3) is 2.10. The molecule has 3 aromatic rings. The van der Waals surface area contributed by atoms with E-state index in [2.05, 4.69) is 4.98 Å². The monoisotopic (exact) mass is 313 g/mol. The van der Waals surface area contributed by atoms with E-state index in [9.17, 15) is 4.39 Å². The van der Waals surface area contributed by atoms with E-state index in [1.165, 1.54) is 6.07 Å². The van der Waals surface area contributed by atoms with Gasteiger partial charge in [-0.15, -0.1) is 0 Å². The molecule has 0 unspecified atom stereocenters. The topological polar surface area (TPSA) is 15.8 Å². The Kier molecular flexibility index (Phi) is 3.17. The maximum atomic E-state index is 14.5. The van der Waals surface area contributed by atoms with Gasteiger partial charge < -0.3 is 4.98 Å². The number of hydrogen-bond acceptors (Lipinski definition) is 0. The molecule has 0 aliphatic carbocycles. The van der Waals surface area contributed by atoms with Crippen LogP contribution < -0.4 is 0 Å². The Morgan fingerprint density at radius 3 is 2.53 bits per heavy atom. The molecule has 0 atom stereocenters. The van der Waals surface area contributed by atoms with Gasteiger partial charge >= 0.3 is 0 Å². The number of aromatic amines is 1. The maximum absolute atomic E-state index is 14.5. The summed E-state index contributed by atoms with van der Waals surface area (Å²) in [5.41, 5.74) is 1.59. The van der Waals surface area contributed by atoms with E-state index in [1.54, 1.807) is 30.5 Å². The van der Waals surface area contributed by atoms with Crippen molar-refractivity contribution in [2.75, 3.05) is 0 Å². The molecule has 0 spiro atoms. The zero-order valence-electron chi connectivity index (χ0n) is 9.48. The molecule has 0 saturated heterocycles. The first-order valence-electron chi connectivity index (χ1n) is 5.48. The first-order chi connectivity index (χ1) is 9.08. The molecule has 0 radical (unpaired) electrons. The second-order valence-electron chi connectivity index (χ2n) is 4.12. The third-order valence-electron chi connectivity index (χ3n) is 2.95. The van der Waals surface area contributed by atoms with Gasteiger partial charge in [-0.2, -0.15) is 0 Å². The number of nitrogens with one attached hydrogen (secondary N) is 1. The molecular weight excluding hydrogens is 308 g/mol. The Labute approximate surface area is 123 Å². The van der Waals surface area contributed by atoms with E-state index in [4.69, 9.17) is 34.8 Å². The molecule has 19 heavy (non-hydrogen) atoms. The van der Waals surface area contributed by atoms with Crippen LogP contribution in [-0.2, 0) is 0 Å². The SMILES string of the molecule is Fc1c(-c2cc(Cl)cc(Cl)c2Cl)ccc2[nH]ccc12. The quantitative estimate of drug-likeness (QED) is 0.535. The number of hydrogen-bond donors (Lipinski definition) is 1. The van der Waals surface area contributed by atoms with Crippen LogP contribution in [-0.4, -0.2) is 4.98 Å². The average Bonchev–Trinajstić information content (AvgIpc) is 2.84. The molecule has 0 aliphatic heterocycles. The van der Waals surface area contributed by atoms with E-state index in [0.717, 1.165) is 5.52 Å². The molecule has 96 valence electrons. The smallest absolute Gasteiger partial charge is 0.140 e. The van der Waals surface area contributed by atoms with Crippen molar-refractivity contribution in [3.8, 4) is 11.1 Å². The molecule has 0 bridgehead atoms. The Balaban J connectivity index is 2.33. The first kappa shape index (κ1) is 12.8. The Bertz CT molecular complexity index is 780. The van der Waals surface area contributed by atoms with Gasteiger partial charge in [0.2, 0.25) is 0 Å². The van der Waals surface area contributed by atoms with Crippen molar-refractivity contribution < 1.29 is 4.39 Å². The van der Waals surface area contributed by atoms with Crippen LogP contribution in [0.15, 0.2) is 36.5 Å². The minimum Gasteiger partial charge on any atom is -0.361 e. The van der Waals surface area contributed by atoms with Gasteiger partial charge in [0.15, 0.2) is 0 Å². The van der Waals surface area contributed by atoms with Crippen LogP contribution in [0.4, 0.5) is 4.39 Å². The molecule has 0 aliphatic rings. The summed E-state index contributed by atoms with van der Waals surface area (Å²) in [4.78, 5) is 2.95. The highest BCUT2D eigenvalue weighted by Crippen LogP contribution is 2.38. The molecule has 2 aromatic carbocycles. The highest BCUT2D eigenvalue weighted by Gasteiger charge is 2.15. The lowest BCUT2D eigenvalue weighted by Gasteiger charge is -2.09. The minimum absolute atomic E-state index is 0.292. The summed E-state index contributed by atoms with van der Waals surface area (Å²) in [5, 5.41) is 1.51. The number of benzene rings is 2. The van der Waals surface area contributed by atoms with Gasteiger partial charge in [0.1, 0.15) is 5.82 Å². The highest BCUT2D eigenvalue weighted by molar-refractivity contribution is 6.45. The molecule has 1 nitrogen and oxygen atoms in total. The second-order valence-corrected chi connectivity index (χ2v) is 5.34. The fraction of sp³-hybridized carbons (Fsp3) is 0. The van der Waals surface area contributed by atoms with Crippen molar-refractivity contribution >= 4 is 45.7 Å². The van der Waals surface area contributed by atoms with Crippen molar-refractivity contribution in [1.82, 2.24) is 4.98 Å². The van der Waals surface area contributed by atoms with Crippen LogP contribution in [0, 0.1) is 5.82 Å². The number of aromatic nitrogens is 1. The Morgan fingerprint density at radius 1 is 0.947 bits per heavy atom. The van der Waals surface area contributed by atoms with Crippen LogP contribution in [0.2, 0.25) is 15.1 Å². The third-order valence-corrected chi connectivity index (χ3v) is 3.97. The maximum Gasteiger partial charge on any atom is 0.140 e. The molecule has 0 fully saturated rings. The molecule has 1 N–H and O–H groups in total. The van der Waals surface area contributed by atoms with Crippen molar-refractivity contribution in [3.63, 3.8) is 0 Å². The normalized spacial score (nSPS) is 11.2. The Morgan fingerprint density at radius 2 is 1.74 bits per heavy atom. The van der Waals surface area contributed by atoms with Crippen LogP contribution in [0.25, 0.3) is 22.0 Å². The van der Waals surface area contributed by atoms with Crippen LogP contribution in [0.1, 0.15) is 0 Å². The standard InChI is InChI=1S/C14H7Cl3FN/c15-7-5-10(13(17)11(16)6-7)8-1-2-12-9(14(8)18)3-4-19-12/h1-6,19H. The fourth-order valence-electron chi connectivity index (χ4n) is 2.06. The van der Waals surface area contributed by atoms with Crippen LogP contribution in [0.5, 0.6) is 0 Å². The molecular formula is C14H7Cl3FN. The van der Waals surface area contributed by atoms with Crippen LogP contribution >= 0.6 is 34.8 Å². The molecule has 1 heterocycles. The lowest BCUT2D eigenvalue weighted by atomic mass is 10.0. The van der Waals surface area contributed by atoms with E-state index in [-0.39, 0.29) is 5.82 Å². The largest absolute Gasteiger partial charge is 0.361 e. The van der Waals surface area contributed by atoms with E-state index >= 15 is 0 Å². The van der Waals surface area contributed by atoms with Gasteiger partial charge in [-0.3, -0.25) is 0 Å². The predicted molar refractivity (Wildman–Crippen MR) is 78.7 cm³/mol. The van der Waals surface area contributed by atoms with Gasteiger partial charge in [-0.25, -0.2) is 4.39 Å². The Hall–Kier alpha value is -1.22.